The minimum Gasteiger partial charge on any atom is -0.356 e. The molecule has 20 heteroatoms. The number of hydrogen-bond acceptors (Lipinski definition) is 9. The lowest BCUT2D eigenvalue weighted by molar-refractivity contribution is -0.141. The molecule has 0 saturated carbocycles. The molecule has 0 aliphatic carbocycles. The Kier molecular flexibility index (Phi) is 14.7. The molecule has 0 bridgehead atoms. The van der Waals surface area contributed by atoms with Crippen LogP contribution >= 0.6 is 18.9 Å². The van der Waals surface area contributed by atoms with Gasteiger partial charge in [0.2, 0.25) is 29.5 Å². The van der Waals surface area contributed by atoms with Gasteiger partial charge in [-0.25, -0.2) is 0 Å². The maximum Gasteiger partial charge on any atom is 0.399 e. The van der Waals surface area contributed by atoms with Crippen LogP contribution in [0.25, 0.3) is 10.1 Å². The Morgan fingerprint density at radius 2 is 1.75 bits per heavy atom. The first-order valence-corrected chi connectivity index (χ1v) is 24.6. The number of anilines is 1. The van der Waals surface area contributed by atoms with E-state index in [1.54, 1.807) is 69.3 Å². The summed E-state index contributed by atoms with van der Waals surface area (Å²) in [5.41, 5.74) is -3.83. The largest absolute Gasteiger partial charge is 0.399 e. The molecule has 3 atom stereocenters. The van der Waals surface area contributed by atoms with E-state index in [1.165, 1.54) is 26.8 Å². The van der Waals surface area contributed by atoms with Gasteiger partial charge in [0.15, 0.2) is 0 Å². The Morgan fingerprint density at radius 1 is 1.00 bits per heavy atom. The van der Waals surface area contributed by atoms with Gasteiger partial charge in [-0.2, -0.15) is 8.78 Å². The molecule has 4 heterocycles. The SMILES string of the molecule is CC(C)(C)C(NC(=O)c1cc2cc(C(F)(F)P(=O)(O)O)ccc2s1)C(=O)N1CCCC1C(=O)N(CCC(=O)NCCCC#Cc1cccc2c1CN(C1CCC(=O)NC1=O)C2=O)c1ccccc1. The van der Waals surface area contributed by atoms with E-state index in [1.807, 2.05) is 0 Å². The number of hydrogen-bond donors (Lipinski definition) is 5. The quantitative estimate of drug-likeness (QED) is 0.0469. The molecular weight excluding hydrogens is 922 g/mol. The Labute approximate surface area is 395 Å². The number of amides is 7. The number of benzene rings is 3. The second-order valence-electron chi connectivity index (χ2n) is 18.0. The van der Waals surface area contributed by atoms with Gasteiger partial charge < -0.3 is 35.1 Å². The molecule has 0 radical (unpaired) electrons. The number of carbonyl (C=O) groups excluding carboxylic acids is 7. The van der Waals surface area contributed by atoms with Crippen molar-refractivity contribution < 1.29 is 56.7 Å². The molecule has 5 N–H and O–H groups in total. The number of rotatable bonds is 14. The number of nitrogens with one attached hydrogen (secondary N) is 3. The predicted molar refractivity (Wildman–Crippen MR) is 248 cm³/mol. The fourth-order valence-corrected chi connectivity index (χ4v) is 9.96. The molecule has 0 spiro atoms. The second-order valence-corrected chi connectivity index (χ2v) is 20.7. The number of alkyl halides is 2. The number of nitrogens with zero attached hydrogens (tertiary/aromatic N) is 3. The predicted octanol–water partition coefficient (Wildman–Crippen LogP) is 5.40. The smallest absolute Gasteiger partial charge is 0.356 e. The van der Waals surface area contributed by atoms with Crippen molar-refractivity contribution >= 4 is 76.1 Å². The van der Waals surface area contributed by atoms with Gasteiger partial charge in [0.25, 0.3) is 11.8 Å². The van der Waals surface area contributed by atoms with E-state index < -0.39 is 66.0 Å². The van der Waals surface area contributed by atoms with Gasteiger partial charge in [0.1, 0.15) is 18.1 Å². The highest BCUT2D eigenvalue weighted by Gasteiger charge is 2.50. The van der Waals surface area contributed by atoms with Crippen LogP contribution in [-0.2, 0) is 40.7 Å². The molecule has 7 rings (SSSR count). The van der Waals surface area contributed by atoms with Gasteiger partial charge in [-0.05, 0) is 84.5 Å². The maximum absolute atomic E-state index is 14.5. The number of halogens is 2. The molecule has 3 unspecified atom stereocenters. The summed E-state index contributed by atoms with van der Waals surface area (Å²) in [6, 6.07) is 15.6. The minimum absolute atomic E-state index is 0.00781. The highest BCUT2D eigenvalue weighted by molar-refractivity contribution is 7.52. The summed E-state index contributed by atoms with van der Waals surface area (Å²) in [5.74, 6) is 3.22. The number of fused-ring (bicyclic) bond motifs is 2. The number of carbonyl (C=O) groups is 7. The van der Waals surface area contributed by atoms with Gasteiger partial charge in [-0.15, -0.1) is 11.3 Å². The molecule has 2 saturated heterocycles. The van der Waals surface area contributed by atoms with Crippen LogP contribution in [-0.4, -0.2) is 98.7 Å². The number of likely N-dealkylation sites (tertiary alicyclic amines) is 1. The van der Waals surface area contributed by atoms with Gasteiger partial charge in [-0.3, -0.25) is 43.4 Å². The summed E-state index contributed by atoms with van der Waals surface area (Å²) in [4.78, 5) is 116. The van der Waals surface area contributed by atoms with Crippen LogP contribution in [0.15, 0.2) is 72.8 Å². The van der Waals surface area contributed by atoms with Crippen LogP contribution in [0, 0.1) is 17.3 Å². The molecule has 4 aromatic rings. The number of piperidine rings is 1. The summed E-state index contributed by atoms with van der Waals surface area (Å²) in [6.07, 6.45) is 2.15. The molecule has 16 nitrogen and oxygen atoms in total. The summed E-state index contributed by atoms with van der Waals surface area (Å²) >= 11 is 0.956. The Bertz CT molecular complexity index is 2780. The lowest BCUT2D eigenvalue weighted by Gasteiger charge is -2.36. The van der Waals surface area contributed by atoms with E-state index in [0.29, 0.717) is 53.7 Å². The summed E-state index contributed by atoms with van der Waals surface area (Å²) in [7, 11) is -5.83. The normalized spacial score (nSPS) is 17.8. The zero-order valence-corrected chi connectivity index (χ0v) is 39.3. The third-order valence-corrected chi connectivity index (χ3v) is 14.3. The second kappa shape index (κ2) is 20.1. The maximum atomic E-state index is 14.5. The van der Waals surface area contributed by atoms with Crippen LogP contribution < -0.4 is 20.9 Å². The molecule has 68 heavy (non-hydrogen) atoms. The standard InChI is InChI=1S/C48H51F2N6O10PS/c1-47(2,3)41(53-43(60)38-27-30-26-31(18-20-37(30)68-38)48(49,50)67(64,65)66)46(63)55-24-11-17-36(55)45(62)54(32-14-7-4-8-15-32)25-22-39(57)51-23-9-5-6-12-29-13-10-16-33-34(29)28-56(44(33)61)35-19-21-40(58)52-42(35)59/h4,7-8,10,13-16,18,20,26-27,35-36,41H,5,9,11,17,19,21-25,28H2,1-3H3,(H,51,57)(H,53,60)(H,52,58,59)(H2,64,65,66). The first-order chi connectivity index (χ1) is 32.1. The van der Waals surface area contributed by atoms with Crippen LogP contribution in [0.4, 0.5) is 14.5 Å². The lowest BCUT2D eigenvalue weighted by atomic mass is 9.85. The Balaban J connectivity index is 0.953. The van der Waals surface area contributed by atoms with E-state index >= 15 is 0 Å². The average Bonchev–Trinajstić information content (AvgIpc) is 4.04. The van der Waals surface area contributed by atoms with Crippen molar-refractivity contribution in [3.63, 3.8) is 0 Å². The highest BCUT2D eigenvalue weighted by atomic mass is 32.1. The van der Waals surface area contributed by atoms with Crippen molar-refractivity contribution in [2.75, 3.05) is 24.5 Å². The lowest BCUT2D eigenvalue weighted by Crippen LogP contribution is -2.58. The number of imide groups is 1. The third-order valence-electron chi connectivity index (χ3n) is 12.2. The Hall–Kier alpha value is -6.32. The fourth-order valence-electron chi connectivity index (χ4n) is 8.54. The van der Waals surface area contributed by atoms with Crippen molar-refractivity contribution in [3.8, 4) is 11.8 Å². The molecule has 3 aromatic carbocycles. The molecule has 358 valence electrons. The Morgan fingerprint density at radius 3 is 2.46 bits per heavy atom. The third kappa shape index (κ3) is 10.7. The zero-order chi connectivity index (χ0) is 49.1. The summed E-state index contributed by atoms with van der Waals surface area (Å²) in [5, 5.41) is 8.13. The first-order valence-electron chi connectivity index (χ1n) is 22.1. The van der Waals surface area contributed by atoms with Crippen LogP contribution in [0.1, 0.15) is 102 Å². The van der Waals surface area contributed by atoms with Gasteiger partial charge in [0, 0.05) is 72.5 Å². The van der Waals surface area contributed by atoms with Gasteiger partial charge >= 0.3 is 13.3 Å². The highest BCUT2D eigenvalue weighted by Crippen LogP contribution is 2.59. The number of para-hydroxylation sites is 1. The van der Waals surface area contributed by atoms with Crippen LogP contribution in [0.5, 0.6) is 0 Å². The zero-order valence-electron chi connectivity index (χ0n) is 37.6. The van der Waals surface area contributed by atoms with Crippen molar-refractivity contribution in [3.05, 3.63) is 99.9 Å². The molecular formula is C48H51F2N6O10PS. The minimum atomic E-state index is -5.83. The molecule has 3 aliphatic heterocycles. The number of unbranched alkanes of at least 4 members (excludes halogenated alkanes) is 1. The summed E-state index contributed by atoms with van der Waals surface area (Å²) < 4.78 is 40.8. The van der Waals surface area contributed by atoms with Crippen LogP contribution in [0.2, 0.25) is 0 Å². The van der Waals surface area contributed by atoms with Crippen molar-refractivity contribution in [1.29, 1.82) is 0 Å². The van der Waals surface area contributed by atoms with Gasteiger partial charge in [-0.1, -0.05) is 62.9 Å². The van der Waals surface area contributed by atoms with E-state index in [0.717, 1.165) is 29.0 Å². The van der Waals surface area contributed by atoms with E-state index in [2.05, 4.69) is 27.8 Å². The van der Waals surface area contributed by atoms with Crippen molar-refractivity contribution in [2.45, 2.75) is 96.1 Å². The molecule has 7 amide bonds. The van der Waals surface area contributed by atoms with Crippen LogP contribution in [0.3, 0.4) is 0 Å². The van der Waals surface area contributed by atoms with E-state index in [9.17, 15) is 56.7 Å². The van der Waals surface area contributed by atoms with E-state index in [4.69, 9.17) is 0 Å². The monoisotopic (exact) mass is 972 g/mol. The van der Waals surface area contributed by atoms with Crippen molar-refractivity contribution in [2.24, 2.45) is 5.41 Å². The summed E-state index contributed by atoms with van der Waals surface area (Å²) in [6.45, 7) is 6.01. The molecule has 3 aliphatic rings. The molecule has 1 aromatic heterocycles. The topological polar surface area (TPSA) is 223 Å². The van der Waals surface area contributed by atoms with E-state index in [-0.39, 0.29) is 66.9 Å². The number of thiophene rings is 1. The molecule has 2 fully saturated rings. The van der Waals surface area contributed by atoms with Gasteiger partial charge in [0.05, 0.1) is 4.88 Å². The first kappa shape index (κ1) is 49.6. The average molecular weight is 973 g/mol. The fraction of sp³-hybridized carbons (Fsp3) is 0.396. The van der Waals surface area contributed by atoms with Crippen molar-refractivity contribution in [1.82, 2.24) is 25.8 Å².